The number of rotatable bonds is 5. The third-order valence-corrected chi connectivity index (χ3v) is 6.04. The second-order valence-corrected chi connectivity index (χ2v) is 7.80. The third-order valence-electron chi connectivity index (χ3n) is 5.49. The number of pyridine rings is 1. The molecule has 0 radical (unpaired) electrons. The van der Waals surface area contributed by atoms with E-state index >= 15 is 0 Å². The number of hydrogen-bond acceptors (Lipinski definition) is 5. The summed E-state index contributed by atoms with van der Waals surface area (Å²) in [5, 5.41) is 3.07. The number of carbonyl (C=O) groups excluding carboxylic acids is 2. The number of likely N-dealkylation sites (tertiary alicyclic amines) is 1. The maximum absolute atomic E-state index is 13.0. The highest BCUT2D eigenvalue weighted by Crippen LogP contribution is 2.42. The van der Waals surface area contributed by atoms with Crippen LogP contribution in [0.4, 0.5) is 0 Å². The molecule has 0 bridgehead atoms. The summed E-state index contributed by atoms with van der Waals surface area (Å²) in [6.45, 7) is 0.583. The number of hydrogen-bond donors (Lipinski definition) is 2. The first-order chi connectivity index (χ1) is 12.5. The summed E-state index contributed by atoms with van der Waals surface area (Å²) < 4.78 is 5.86. The predicted octanol–water partition coefficient (Wildman–Crippen LogP) is 1.01. The van der Waals surface area contributed by atoms with Crippen LogP contribution in [0.5, 0.6) is 0 Å². The van der Waals surface area contributed by atoms with Crippen molar-refractivity contribution in [3.63, 3.8) is 0 Å². The van der Waals surface area contributed by atoms with Gasteiger partial charge < -0.3 is 19.9 Å². The van der Waals surface area contributed by atoms with Gasteiger partial charge in [-0.25, -0.2) is 0 Å². The fourth-order valence-electron chi connectivity index (χ4n) is 4.20. The van der Waals surface area contributed by atoms with Crippen LogP contribution >= 0.6 is 11.8 Å². The SMILES string of the molecule is CO[C@@]12CC[C@@H](NC(=O)CSC)C[C@@H]1N(C(=O)c1cccc(=O)[nH]1)CC2. The lowest BCUT2D eigenvalue weighted by atomic mass is 9.78. The number of amides is 2. The minimum absolute atomic E-state index is 0.0238. The molecule has 8 heteroatoms. The fraction of sp³-hybridized carbons (Fsp3) is 0.611. The van der Waals surface area contributed by atoms with E-state index in [9.17, 15) is 14.4 Å². The number of nitrogens with one attached hydrogen (secondary N) is 2. The summed E-state index contributed by atoms with van der Waals surface area (Å²) in [4.78, 5) is 40.8. The molecular weight excluding hydrogens is 354 g/mol. The molecule has 2 heterocycles. The summed E-state index contributed by atoms with van der Waals surface area (Å²) in [6, 6.07) is 4.51. The van der Waals surface area contributed by atoms with Crippen LogP contribution in [0.1, 0.15) is 36.2 Å². The van der Waals surface area contributed by atoms with Gasteiger partial charge in [-0.2, -0.15) is 11.8 Å². The molecule has 2 N–H and O–H groups in total. The minimum atomic E-state index is -0.370. The summed E-state index contributed by atoms with van der Waals surface area (Å²) in [6.07, 6.45) is 4.97. The third kappa shape index (κ3) is 3.66. The summed E-state index contributed by atoms with van der Waals surface area (Å²) in [7, 11) is 1.69. The van der Waals surface area contributed by atoms with E-state index in [2.05, 4.69) is 10.3 Å². The van der Waals surface area contributed by atoms with Crippen LogP contribution < -0.4 is 10.9 Å². The Labute approximate surface area is 156 Å². The van der Waals surface area contributed by atoms with Crippen LogP contribution in [-0.2, 0) is 9.53 Å². The van der Waals surface area contributed by atoms with Gasteiger partial charge in [0.25, 0.3) is 5.91 Å². The molecule has 1 aromatic rings. The quantitative estimate of drug-likeness (QED) is 0.797. The van der Waals surface area contributed by atoms with Gasteiger partial charge in [-0.1, -0.05) is 6.07 Å². The number of H-pyrrole nitrogens is 1. The molecule has 2 fully saturated rings. The Bertz CT molecular complexity index is 737. The molecule has 0 unspecified atom stereocenters. The topological polar surface area (TPSA) is 91.5 Å². The zero-order chi connectivity index (χ0) is 18.7. The molecule has 2 amide bonds. The number of aromatic nitrogens is 1. The van der Waals surface area contributed by atoms with E-state index in [1.807, 2.05) is 6.26 Å². The minimum Gasteiger partial charge on any atom is -0.376 e. The van der Waals surface area contributed by atoms with Crippen LogP contribution in [-0.4, -0.2) is 65.0 Å². The summed E-state index contributed by atoms with van der Waals surface area (Å²) >= 11 is 1.49. The van der Waals surface area contributed by atoms with E-state index in [1.165, 1.54) is 17.8 Å². The van der Waals surface area contributed by atoms with Crippen molar-refractivity contribution in [1.82, 2.24) is 15.2 Å². The summed E-state index contributed by atoms with van der Waals surface area (Å²) in [5.41, 5.74) is -0.372. The van der Waals surface area contributed by atoms with Crippen LogP contribution in [0.3, 0.4) is 0 Å². The molecular formula is C18H25N3O4S. The van der Waals surface area contributed by atoms with Crippen molar-refractivity contribution >= 4 is 23.6 Å². The molecule has 1 saturated carbocycles. The molecule has 1 aliphatic heterocycles. The molecule has 1 saturated heterocycles. The van der Waals surface area contributed by atoms with Gasteiger partial charge in [-0.05, 0) is 38.0 Å². The number of thioether (sulfide) groups is 1. The number of ether oxygens (including phenoxy) is 1. The van der Waals surface area contributed by atoms with Crippen LogP contribution in [0.25, 0.3) is 0 Å². The molecule has 26 heavy (non-hydrogen) atoms. The highest BCUT2D eigenvalue weighted by atomic mass is 32.2. The molecule has 0 spiro atoms. The Morgan fingerprint density at radius 3 is 2.92 bits per heavy atom. The first kappa shape index (κ1) is 19.0. The molecule has 3 atom stereocenters. The van der Waals surface area contributed by atoms with Crippen molar-refractivity contribution in [2.75, 3.05) is 25.7 Å². The molecule has 0 aromatic carbocycles. The molecule has 2 aliphatic rings. The highest BCUT2D eigenvalue weighted by molar-refractivity contribution is 7.99. The molecule has 142 valence electrons. The highest BCUT2D eigenvalue weighted by Gasteiger charge is 2.52. The lowest BCUT2D eigenvalue weighted by molar-refractivity contribution is -0.120. The van der Waals surface area contributed by atoms with E-state index in [0.29, 0.717) is 18.7 Å². The van der Waals surface area contributed by atoms with Crippen LogP contribution in [0.15, 0.2) is 23.0 Å². The summed E-state index contributed by atoms with van der Waals surface area (Å²) in [5.74, 6) is 0.267. The molecule has 7 nitrogen and oxygen atoms in total. The van der Waals surface area contributed by atoms with Gasteiger partial charge in [-0.3, -0.25) is 14.4 Å². The number of fused-ring (bicyclic) bond motifs is 1. The van der Waals surface area contributed by atoms with E-state index in [-0.39, 0.29) is 40.8 Å². The standard InChI is InChI=1S/C18H25N3O4S/c1-25-18-7-6-12(19-16(23)11-26-2)10-14(18)21(9-8-18)17(24)13-4-3-5-15(22)20-13/h3-5,12,14H,6-11H2,1-2H3,(H,19,23)(H,20,22)/t12-,14+,18-/m1/s1. The monoisotopic (exact) mass is 379 g/mol. The van der Waals surface area contributed by atoms with Gasteiger partial charge in [0.05, 0.1) is 17.4 Å². The van der Waals surface area contributed by atoms with E-state index < -0.39 is 0 Å². The van der Waals surface area contributed by atoms with Crippen molar-refractivity contribution in [2.24, 2.45) is 0 Å². The fourth-order valence-corrected chi connectivity index (χ4v) is 4.54. The maximum atomic E-state index is 13.0. The van der Waals surface area contributed by atoms with Gasteiger partial charge in [0, 0.05) is 25.8 Å². The Morgan fingerprint density at radius 2 is 2.23 bits per heavy atom. The Kier molecular flexibility index (Phi) is 5.72. The molecule has 1 aromatic heterocycles. The number of aromatic amines is 1. The number of methoxy groups -OCH3 is 1. The van der Waals surface area contributed by atoms with Crippen molar-refractivity contribution in [3.8, 4) is 0 Å². The van der Waals surface area contributed by atoms with E-state index in [1.54, 1.807) is 24.1 Å². The zero-order valence-electron chi connectivity index (χ0n) is 15.1. The molecule has 1 aliphatic carbocycles. The maximum Gasteiger partial charge on any atom is 0.270 e. The second kappa shape index (κ2) is 7.84. The Hall–Kier alpha value is -1.80. The molecule has 3 rings (SSSR count). The van der Waals surface area contributed by atoms with Gasteiger partial charge in [0.15, 0.2) is 0 Å². The zero-order valence-corrected chi connectivity index (χ0v) is 15.9. The van der Waals surface area contributed by atoms with Crippen LogP contribution in [0, 0.1) is 0 Å². The van der Waals surface area contributed by atoms with E-state index in [0.717, 1.165) is 19.3 Å². The van der Waals surface area contributed by atoms with Gasteiger partial charge in [0.1, 0.15) is 5.69 Å². The average Bonchev–Trinajstić information content (AvgIpc) is 3.00. The first-order valence-corrected chi connectivity index (χ1v) is 10.2. The van der Waals surface area contributed by atoms with Gasteiger partial charge in [-0.15, -0.1) is 0 Å². The normalized spacial score (nSPS) is 27.8. The predicted molar refractivity (Wildman–Crippen MR) is 100 cm³/mol. The number of nitrogens with zero attached hydrogens (tertiary/aromatic N) is 1. The van der Waals surface area contributed by atoms with Crippen molar-refractivity contribution < 1.29 is 14.3 Å². The largest absolute Gasteiger partial charge is 0.376 e. The van der Waals surface area contributed by atoms with Gasteiger partial charge in [0.2, 0.25) is 11.5 Å². The van der Waals surface area contributed by atoms with Crippen molar-refractivity contribution in [3.05, 3.63) is 34.2 Å². The van der Waals surface area contributed by atoms with Crippen LogP contribution in [0.2, 0.25) is 0 Å². The lowest BCUT2D eigenvalue weighted by Crippen LogP contribution is -2.56. The Balaban J connectivity index is 1.78. The first-order valence-electron chi connectivity index (χ1n) is 8.83. The van der Waals surface area contributed by atoms with Gasteiger partial charge >= 0.3 is 0 Å². The second-order valence-electron chi connectivity index (χ2n) is 6.93. The smallest absolute Gasteiger partial charge is 0.270 e. The van der Waals surface area contributed by atoms with Crippen molar-refractivity contribution in [1.29, 1.82) is 0 Å². The van der Waals surface area contributed by atoms with Crippen molar-refractivity contribution in [2.45, 2.75) is 43.4 Å². The van der Waals surface area contributed by atoms with E-state index in [4.69, 9.17) is 4.74 Å². The lowest BCUT2D eigenvalue weighted by Gasteiger charge is -2.43. The Morgan fingerprint density at radius 1 is 1.42 bits per heavy atom. The number of carbonyl (C=O) groups is 2. The average molecular weight is 379 g/mol.